The Morgan fingerprint density at radius 2 is 1.92 bits per heavy atom. The molecule has 0 aliphatic heterocycles. The highest BCUT2D eigenvalue weighted by Gasteiger charge is 2.19. The molecule has 0 radical (unpaired) electrons. The minimum Gasteiger partial charge on any atom is -0.344 e. The number of hydrogen-bond donors (Lipinski definition) is 2. The van der Waals surface area contributed by atoms with Crippen LogP contribution in [0.25, 0.3) is 5.69 Å². The van der Waals surface area contributed by atoms with E-state index in [9.17, 15) is 13.6 Å². The number of hydrogen-bond acceptors (Lipinski definition) is 2. The van der Waals surface area contributed by atoms with Gasteiger partial charge in [-0.15, -0.1) is 0 Å². The summed E-state index contributed by atoms with van der Waals surface area (Å²) < 4.78 is 29.2. The van der Waals surface area contributed by atoms with Crippen molar-refractivity contribution in [3.63, 3.8) is 0 Å². The number of nitrogens with one attached hydrogen (secondary N) is 2. The van der Waals surface area contributed by atoms with Crippen molar-refractivity contribution in [2.45, 2.75) is 13.0 Å². The molecule has 0 saturated heterocycles. The smallest absolute Gasteiger partial charge is 0.270 e. The van der Waals surface area contributed by atoms with Crippen molar-refractivity contribution >= 4 is 18.1 Å². The number of rotatable bonds is 4. The topological polar surface area (TPSA) is 49.8 Å². The van der Waals surface area contributed by atoms with E-state index >= 15 is 0 Å². The molecule has 0 saturated carbocycles. The standard InChI is InChI=1S/C18H15F2N3OS/c1-11(14-9-12(19)7-8-15(14)20)22-17(24)16-10-21-18(25)23(16)13-5-3-2-4-6-13/h2-11H,1H3,(H,21,25)(H,22,24). The summed E-state index contributed by atoms with van der Waals surface area (Å²) in [4.78, 5) is 15.5. The van der Waals surface area contributed by atoms with E-state index in [0.29, 0.717) is 4.77 Å². The number of amides is 1. The zero-order valence-corrected chi connectivity index (χ0v) is 14.1. The molecule has 128 valence electrons. The molecule has 0 aliphatic rings. The Bertz CT molecular complexity index is 966. The van der Waals surface area contributed by atoms with E-state index in [4.69, 9.17) is 12.2 Å². The molecule has 7 heteroatoms. The number of nitrogens with zero attached hydrogens (tertiary/aromatic N) is 1. The summed E-state index contributed by atoms with van der Waals surface area (Å²) in [7, 11) is 0. The van der Waals surface area contributed by atoms with Crippen molar-refractivity contribution in [3.8, 4) is 5.69 Å². The van der Waals surface area contributed by atoms with Crippen molar-refractivity contribution in [3.05, 3.63) is 82.4 Å². The first-order valence-corrected chi connectivity index (χ1v) is 8.00. The SMILES string of the molecule is CC(NC(=O)c1c[nH]c(=S)n1-c1ccccc1)c1cc(F)ccc1F. The molecule has 4 nitrogen and oxygen atoms in total. The number of carbonyl (C=O) groups excluding carboxylic acids is 1. The molecule has 1 atom stereocenters. The highest BCUT2D eigenvalue weighted by Crippen LogP contribution is 2.19. The summed E-state index contributed by atoms with van der Waals surface area (Å²) in [6.07, 6.45) is 1.49. The molecule has 0 fully saturated rings. The number of para-hydroxylation sites is 1. The van der Waals surface area contributed by atoms with Crippen molar-refractivity contribution in [2.75, 3.05) is 0 Å². The van der Waals surface area contributed by atoms with Crippen LogP contribution in [0, 0.1) is 16.4 Å². The van der Waals surface area contributed by atoms with Gasteiger partial charge in [0.25, 0.3) is 5.91 Å². The fourth-order valence-corrected chi connectivity index (χ4v) is 2.83. The lowest BCUT2D eigenvalue weighted by atomic mass is 10.1. The van der Waals surface area contributed by atoms with Gasteiger partial charge in [0, 0.05) is 17.4 Å². The van der Waals surface area contributed by atoms with Crippen LogP contribution in [0.1, 0.15) is 29.0 Å². The second kappa shape index (κ2) is 6.98. The third-order valence-corrected chi connectivity index (χ3v) is 4.10. The number of halogens is 2. The number of aromatic nitrogens is 2. The Kier molecular flexibility index (Phi) is 4.76. The molecule has 3 aromatic rings. The van der Waals surface area contributed by atoms with Gasteiger partial charge < -0.3 is 10.3 Å². The first kappa shape index (κ1) is 17.0. The summed E-state index contributed by atoms with van der Waals surface area (Å²) in [5, 5.41) is 2.67. The van der Waals surface area contributed by atoms with Crippen LogP contribution in [-0.2, 0) is 0 Å². The van der Waals surface area contributed by atoms with Crippen LogP contribution in [0.15, 0.2) is 54.7 Å². The quantitative estimate of drug-likeness (QED) is 0.682. The van der Waals surface area contributed by atoms with Gasteiger partial charge in [0.2, 0.25) is 0 Å². The summed E-state index contributed by atoms with van der Waals surface area (Å²) in [6, 6.07) is 11.6. The van der Waals surface area contributed by atoms with Crippen molar-refractivity contribution in [1.29, 1.82) is 0 Å². The van der Waals surface area contributed by atoms with Crippen LogP contribution < -0.4 is 5.32 Å². The summed E-state index contributed by atoms with van der Waals surface area (Å²) in [6.45, 7) is 1.59. The molecule has 1 unspecified atom stereocenters. The first-order valence-electron chi connectivity index (χ1n) is 7.59. The first-order chi connectivity index (χ1) is 12.0. The fourth-order valence-electron chi connectivity index (χ4n) is 2.56. The Balaban J connectivity index is 1.90. The lowest BCUT2D eigenvalue weighted by molar-refractivity contribution is 0.0932. The van der Waals surface area contributed by atoms with Gasteiger partial charge in [-0.25, -0.2) is 8.78 Å². The molecular formula is C18H15F2N3OS. The number of benzene rings is 2. The lowest BCUT2D eigenvalue weighted by Crippen LogP contribution is -2.29. The van der Waals surface area contributed by atoms with Crippen molar-refractivity contribution in [2.24, 2.45) is 0 Å². The molecule has 2 aromatic carbocycles. The van der Waals surface area contributed by atoms with Crippen LogP contribution in [-0.4, -0.2) is 15.5 Å². The van der Waals surface area contributed by atoms with Crippen LogP contribution in [0.5, 0.6) is 0 Å². The van der Waals surface area contributed by atoms with Gasteiger partial charge in [-0.1, -0.05) is 18.2 Å². The lowest BCUT2D eigenvalue weighted by Gasteiger charge is -2.16. The van der Waals surface area contributed by atoms with E-state index in [1.54, 1.807) is 11.5 Å². The van der Waals surface area contributed by atoms with Crippen molar-refractivity contribution < 1.29 is 13.6 Å². The van der Waals surface area contributed by atoms with Gasteiger partial charge >= 0.3 is 0 Å². The second-order valence-corrected chi connectivity index (χ2v) is 5.90. The molecule has 1 aromatic heterocycles. The third-order valence-electron chi connectivity index (χ3n) is 3.80. The Hall–Kier alpha value is -2.80. The predicted octanol–water partition coefficient (Wildman–Crippen LogP) is 4.30. The van der Waals surface area contributed by atoms with E-state index < -0.39 is 23.6 Å². The van der Waals surface area contributed by atoms with E-state index in [0.717, 1.165) is 23.9 Å². The van der Waals surface area contributed by atoms with Crippen LogP contribution in [0.3, 0.4) is 0 Å². The van der Waals surface area contributed by atoms with Gasteiger partial charge in [-0.3, -0.25) is 9.36 Å². The minimum absolute atomic E-state index is 0.0775. The van der Waals surface area contributed by atoms with Gasteiger partial charge in [-0.05, 0) is 49.5 Å². The second-order valence-electron chi connectivity index (χ2n) is 5.51. The highest BCUT2D eigenvalue weighted by atomic mass is 32.1. The van der Waals surface area contributed by atoms with Gasteiger partial charge in [0.05, 0.1) is 6.04 Å². The predicted molar refractivity (Wildman–Crippen MR) is 93.2 cm³/mol. The molecule has 0 aliphatic carbocycles. The number of H-pyrrole nitrogens is 1. The van der Waals surface area contributed by atoms with Gasteiger partial charge in [0.15, 0.2) is 4.77 Å². The summed E-state index contributed by atoms with van der Waals surface area (Å²) >= 11 is 5.24. The zero-order valence-electron chi connectivity index (χ0n) is 13.3. The molecule has 0 bridgehead atoms. The maximum Gasteiger partial charge on any atom is 0.270 e. The Morgan fingerprint density at radius 3 is 2.64 bits per heavy atom. The molecule has 2 N–H and O–H groups in total. The molecule has 25 heavy (non-hydrogen) atoms. The van der Waals surface area contributed by atoms with Crippen LogP contribution in [0.4, 0.5) is 8.78 Å². The van der Waals surface area contributed by atoms with E-state index in [1.807, 2.05) is 30.3 Å². The van der Waals surface area contributed by atoms with Crippen molar-refractivity contribution in [1.82, 2.24) is 14.9 Å². The third kappa shape index (κ3) is 3.51. The van der Waals surface area contributed by atoms with Crippen LogP contribution in [0.2, 0.25) is 0 Å². The van der Waals surface area contributed by atoms with E-state index in [-0.39, 0.29) is 11.3 Å². The number of carbonyl (C=O) groups is 1. The monoisotopic (exact) mass is 359 g/mol. The average Bonchev–Trinajstić information content (AvgIpc) is 2.99. The average molecular weight is 359 g/mol. The minimum atomic E-state index is -0.712. The van der Waals surface area contributed by atoms with E-state index in [1.165, 1.54) is 6.20 Å². The molecule has 1 heterocycles. The number of imidazole rings is 1. The maximum absolute atomic E-state index is 13.9. The normalized spacial score (nSPS) is 12.0. The molecule has 0 spiro atoms. The van der Waals surface area contributed by atoms with Gasteiger partial charge in [0.1, 0.15) is 17.3 Å². The highest BCUT2D eigenvalue weighted by molar-refractivity contribution is 7.71. The Morgan fingerprint density at radius 1 is 1.20 bits per heavy atom. The fraction of sp³-hybridized carbons (Fsp3) is 0.111. The van der Waals surface area contributed by atoms with E-state index in [2.05, 4.69) is 10.3 Å². The maximum atomic E-state index is 13.9. The summed E-state index contributed by atoms with van der Waals surface area (Å²) in [5.41, 5.74) is 1.08. The largest absolute Gasteiger partial charge is 0.344 e. The Labute approximate surface area is 148 Å². The zero-order chi connectivity index (χ0) is 18.0. The molecular weight excluding hydrogens is 344 g/mol. The molecule has 1 amide bonds. The number of aromatic amines is 1. The summed E-state index contributed by atoms with van der Waals surface area (Å²) in [5.74, 6) is -1.60. The van der Waals surface area contributed by atoms with Gasteiger partial charge in [-0.2, -0.15) is 0 Å². The van der Waals surface area contributed by atoms with Crippen LogP contribution >= 0.6 is 12.2 Å². The molecule has 3 rings (SSSR count).